The summed E-state index contributed by atoms with van der Waals surface area (Å²) >= 11 is 0. The molecule has 0 heterocycles. The normalized spacial score (nSPS) is 16.4. The van der Waals surface area contributed by atoms with Crippen molar-refractivity contribution < 1.29 is 14.0 Å². The summed E-state index contributed by atoms with van der Waals surface area (Å²) in [5.74, 6) is 0.617. The van der Waals surface area contributed by atoms with E-state index < -0.39 is 16.6 Å². The lowest BCUT2D eigenvalue weighted by Gasteiger charge is -2.38. The first kappa shape index (κ1) is 26.1. The second-order valence-electron chi connectivity index (χ2n) is 10.6. The molecule has 0 unspecified atom stereocenters. The zero-order valence-corrected chi connectivity index (χ0v) is 21.2. The zero-order chi connectivity index (χ0) is 20.8. The summed E-state index contributed by atoms with van der Waals surface area (Å²) in [7, 11) is -3.50. The van der Waals surface area contributed by atoms with E-state index in [2.05, 4.69) is 74.3 Å². The Hall–Kier alpha value is 0.0538. The van der Waals surface area contributed by atoms with Crippen molar-refractivity contribution in [1.82, 2.24) is 0 Å². The van der Waals surface area contributed by atoms with E-state index in [1.165, 1.54) is 0 Å². The van der Waals surface area contributed by atoms with Crippen LogP contribution in [0.25, 0.3) is 0 Å². The van der Waals surface area contributed by atoms with Gasteiger partial charge in [-0.2, -0.15) is 0 Å². The lowest BCUT2D eigenvalue weighted by molar-refractivity contribution is 0.153. The smallest absolute Gasteiger partial charge is 0.192 e. The lowest BCUT2D eigenvalue weighted by Crippen LogP contribution is -2.43. The fourth-order valence-corrected chi connectivity index (χ4v) is 4.44. The maximum absolute atomic E-state index is 9.53. The van der Waals surface area contributed by atoms with Crippen LogP contribution in [0.4, 0.5) is 0 Å². The summed E-state index contributed by atoms with van der Waals surface area (Å²) in [4.78, 5) is 0. The van der Waals surface area contributed by atoms with Crippen molar-refractivity contribution in [3.05, 3.63) is 12.7 Å². The van der Waals surface area contributed by atoms with Crippen LogP contribution in [-0.2, 0) is 8.85 Å². The molecule has 0 aromatic carbocycles. The Labute approximate surface area is 165 Å². The average molecular weight is 403 g/mol. The summed E-state index contributed by atoms with van der Waals surface area (Å²) in [6, 6.07) is 0. The molecule has 0 aliphatic carbocycles. The van der Waals surface area contributed by atoms with Crippen molar-refractivity contribution in [3.8, 4) is 0 Å². The van der Waals surface area contributed by atoms with Gasteiger partial charge in [-0.05, 0) is 55.0 Å². The van der Waals surface area contributed by atoms with Crippen LogP contribution in [0.15, 0.2) is 12.7 Å². The molecule has 0 saturated carbocycles. The Bertz CT molecular complexity index is 420. The average Bonchev–Trinajstić information content (AvgIpc) is 2.45. The molecular formula is C21H46O3Si2. The Morgan fingerprint density at radius 3 is 1.73 bits per heavy atom. The molecule has 0 amide bonds. The maximum Gasteiger partial charge on any atom is 0.192 e. The quantitative estimate of drug-likeness (QED) is 0.329. The van der Waals surface area contributed by atoms with Gasteiger partial charge in [-0.15, -0.1) is 6.58 Å². The molecule has 2 atom stereocenters. The van der Waals surface area contributed by atoms with E-state index in [0.29, 0.717) is 12.5 Å². The Kier molecular flexibility index (Phi) is 10.0. The minimum Gasteiger partial charge on any atom is -0.417 e. The molecule has 5 heteroatoms. The molecular weight excluding hydrogens is 356 g/mol. The van der Waals surface area contributed by atoms with Gasteiger partial charge in [-0.25, -0.2) is 0 Å². The Morgan fingerprint density at radius 2 is 1.35 bits per heavy atom. The lowest BCUT2D eigenvalue weighted by atomic mass is 9.88. The van der Waals surface area contributed by atoms with Crippen LogP contribution in [0.5, 0.6) is 0 Å². The van der Waals surface area contributed by atoms with Crippen molar-refractivity contribution in [3.63, 3.8) is 0 Å². The van der Waals surface area contributed by atoms with Gasteiger partial charge in [-0.3, -0.25) is 0 Å². The summed E-state index contributed by atoms with van der Waals surface area (Å²) < 4.78 is 12.8. The molecule has 156 valence electrons. The molecule has 0 aromatic rings. The summed E-state index contributed by atoms with van der Waals surface area (Å²) in [6.45, 7) is 28.5. The third kappa shape index (κ3) is 7.97. The topological polar surface area (TPSA) is 38.7 Å². The predicted octanol–water partition coefficient (Wildman–Crippen LogP) is 6.22. The second-order valence-corrected chi connectivity index (χ2v) is 20.3. The fourth-order valence-electron chi connectivity index (χ4n) is 2.34. The first-order valence-electron chi connectivity index (χ1n) is 10.1. The van der Waals surface area contributed by atoms with Gasteiger partial charge >= 0.3 is 0 Å². The minimum atomic E-state index is -1.77. The highest BCUT2D eigenvalue weighted by Crippen LogP contribution is 2.38. The molecule has 0 fully saturated rings. The van der Waals surface area contributed by atoms with E-state index in [9.17, 15) is 5.11 Å². The van der Waals surface area contributed by atoms with Gasteiger partial charge in [-0.1, -0.05) is 47.6 Å². The van der Waals surface area contributed by atoms with Gasteiger partial charge in [0.15, 0.2) is 16.6 Å². The van der Waals surface area contributed by atoms with E-state index in [1.54, 1.807) is 0 Å². The van der Waals surface area contributed by atoms with Crippen molar-refractivity contribution in [2.45, 2.75) is 90.6 Å². The van der Waals surface area contributed by atoms with Gasteiger partial charge in [0.1, 0.15) is 0 Å². The van der Waals surface area contributed by atoms with Gasteiger partial charge in [0.05, 0.1) is 0 Å². The molecule has 1 N–H and O–H groups in total. The van der Waals surface area contributed by atoms with E-state index in [-0.39, 0.29) is 22.6 Å². The number of hydrogen-bond acceptors (Lipinski definition) is 3. The minimum absolute atomic E-state index is 0.204. The van der Waals surface area contributed by atoms with Crippen LogP contribution in [0.2, 0.25) is 36.3 Å². The Morgan fingerprint density at radius 1 is 0.885 bits per heavy atom. The molecule has 26 heavy (non-hydrogen) atoms. The van der Waals surface area contributed by atoms with Crippen LogP contribution in [0, 0.1) is 11.8 Å². The summed E-state index contributed by atoms with van der Waals surface area (Å²) in [5, 5.41) is 9.96. The van der Waals surface area contributed by atoms with E-state index in [1.807, 2.05) is 6.08 Å². The number of aliphatic hydroxyl groups excluding tert-OH is 1. The van der Waals surface area contributed by atoms with Gasteiger partial charge < -0.3 is 14.0 Å². The van der Waals surface area contributed by atoms with Crippen LogP contribution in [0.3, 0.4) is 0 Å². The van der Waals surface area contributed by atoms with Gasteiger partial charge in [0.25, 0.3) is 0 Å². The molecule has 0 saturated heterocycles. The maximum atomic E-state index is 9.53. The molecule has 0 aromatic heterocycles. The van der Waals surface area contributed by atoms with Crippen LogP contribution in [-0.4, -0.2) is 41.6 Å². The second kappa shape index (κ2) is 10.0. The summed E-state index contributed by atoms with van der Waals surface area (Å²) in [6.07, 6.45) is 3.74. The standard InChI is InChI=1S/C21H46O3Si2/c1-12-18(17-24-26(10,11)21(5,6)7)19(13-15-22)14-16-23-25(8,9)20(2,3)4/h12,18-19,22H,1,13-17H2,2-11H3/t18-,19+/m1/s1. The molecule has 0 aliphatic rings. The van der Waals surface area contributed by atoms with Gasteiger partial charge in [0.2, 0.25) is 0 Å². The van der Waals surface area contributed by atoms with Crippen LogP contribution >= 0.6 is 0 Å². The SMILES string of the molecule is C=C[C@H](CO[Si](C)(C)C(C)(C)C)[C@@H](CCO)CCO[Si](C)(C)C(C)(C)C. The molecule has 0 aliphatic heterocycles. The first-order valence-corrected chi connectivity index (χ1v) is 15.9. The number of hydrogen-bond donors (Lipinski definition) is 1. The van der Waals surface area contributed by atoms with Crippen molar-refractivity contribution in [1.29, 1.82) is 0 Å². The number of aliphatic hydroxyl groups is 1. The predicted molar refractivity (Wildman–Crippen MR) is 120 cm³/mol. The largest absolute Gasteiger partial charge is 0.417 e. The molecule has 0 spiro atoms. The van der Waals surface area contributed by atoms with Crippen molar-refractivity contribution in [2.75, 3.05) is 19.8 Å². The fraction of sp³-hybridized carbons (Fsp3) is 0.905. The molecule has 0 radical (unpaired) electrons. The third-order valence-electron chi connectivity index (χ3n) is 6.61. The first-order chi connectivity index (χ1) is 11.6. The highest BCUT2D eigenvalue weighted by molar-refractivity contribution is 6.74. The summed E-state index contributed by atoms with van der Waals surface area (Å²) in [5.41, 5.74) is 0. The van der Waals surface area contributed by atoms with Crippen molar-refractivity contribution in [2.24, 2.45) is 11.8 Å². The van der Waals surface area contributed by atoms with E-state index in [0.717, 1.165) is 19.4 Å². The van der Waals surface area contributed by atoms with Gasteiger partial charge in [0, 0.05) is 25.7 Å². The highest BCUT2D eigenvalue weighted by Gasteiger charge is 2.39. The van der Waals surface area contributed by atoms with Crippen molar-refractivity contribution >= 4 is 16.6 Å². The highest BCUT2D eigenvalue weighted by atomic mass is 28.4. The van der Waals surface area contributed by atoms with Crippen LogP contribution < -0.4 is 0 Å². The van der Waals surface area contributed by atoms with E-state index >= 15 is 0 Å². The molecule has 3 nitrogen and oxygen atoms in total. The molecule has 0 bridgehead atoms. The molecule has 0 rings (SSSR count). The Balaban J connectivity index is 4.86. The van der Waals surface area contributed by atoms with E-state index in [4.69, 9.17) is 8.85 Å². The zero-order valence-electron chi connectivity index (χ0n) is 19.2. The van der Waals surface area contributed by atoms with Crippen LogP contribution in [0.1, 0.15) is 54.4 Å². The third-order valence-corrected chi connectivity index (χ3v) is 15.6. The number of rotatable bonds is 11. The monoisotopic (exact) mass is 402 g/mol.